The fraction of sp³-hybridized carbons (Fsp3) is 0.125. The van der Waals surface area contributed by atoms with Gasteiger partial charge in [-0.1, -0.05) is 12.1 Å². The monoisotopic (exact) mass is 171 g/mol. The molecule has 1 unspecified atom stereocenters. The van der Waals surface area contributed by atoms with Crippen LogP contribution in [-0.2, 0) is 0 Å². The lowest BCUT2D eigenvalue weighted by Gasteiger charge is -2.01. The Balaban J connectivity index is 3.18. The summed E-state index contributed by atoms with van der Waals surface area (Å²) >= 11 is 0. The number of halogens is 3. The first-order chi connectivity index (χ1) is 5.66. The summed E-state index contributed by atoms with van der Waals surface area (Å²) in [4.78, 5) is 0. The second-order valence-corrected chi connectivity index (χ2v) is 2.13. The van der Waals surface area contributed by atoms with Gasteiger partial charge in [0.05, 0.1) is 0 Å². The molecule has 0 saturated carbocycles. The molecule has 0 amide bonds. The van der Waals surface area contributed by atoms with E-state index in [0.717, 1.165) is 18.2 Å². The van der Waals surface area contributed by atoms with E-state index < -0.39 is 23.4 Å². The average molecular weight is 171 g/mol. The van der Waals surface area contributed by atoms with Crippen LogP contribution in [-0.4, -0.2) is 0 Å². The second kappa shape index (κ2) is 3.26. The standard InChI is InChI=1S/C8H4F3N/c9-6-3-1-2-5(8(6)11)7(10)4-12/h1-3,7H. The molecule has 0 fully saturated rings. The Kier molecular flexibility index (Phi) is 2.34. The van der Waals surface area contributed by atoms with E-state index in [1.165, 1.54) is 6.07 Å². The normalized spacial score (nSPS) is 12.2. The SMILES string of the molecule is N#CC(F)c1cccc(F)c1F. The lowest BCUT2D eigenvalue weighted by atomic mass is 10.1. The number of benzene rings is 1. The van der Waals surface area contributed by atoms with Gasteiger partial charge in [-0.25, -0.2) is 13.2 Å². The van der Waals surface area contributed by atoms with E-state index >= 15 is 0 Å². The van der Waals surface area contributed by atoms with Crippen molar-refractivity contribution in [2.45, 2.75) is 6.17 Å². The van der Waals surface area contributed by atoms with Crippen LogP contribution in [0.4, 0.5) is 13.2 Å². The summed E-state index contributed by atoms with van der Waals surface area (Å²) < 4.78 is 37.6. The number of nitriles is 1. The average Bonchev–Trinajstić information content (AvgIpc) is 2.08. The fourth-order valence-electron chi connectivity index (χ4n) is 0.786. The Hall–Kier alpha value is -1.50. The first-order valence-corrected chi connectivity index (χ1v) is 3.14. The minimum absolute atomic E-state index is 0.558. The number of hydrogen-bond donors (Lipinski definition) is 0. The predicted octanol–water partition coefficient (Wildman–Crippen LogP) is 2.50. The maximum absolute atomic E-state index is 12.7. The van der Waals surface area contributed by atoms with Gasteiger partial charge in [-0.2, -0.15) is 5.26 Å². The first-order valence-electron chi connectivity index (χ1n) is 3.14. The fourth-order valence-corrected chi connectivity index (χ4v) is 0.786. The molecule has 0 aromatic heterocycles. The molecule has 1 aromatic rings. The van der Waals surface area contributed by atoms with Crippen LogP contribution in [0.3, 0.4) is 0 Å². The molecule has 0 radical (unpaired) electrons. The summed E-state index contributed by atoms with van der Waals surface area (Å²) in [6.45, 7) is 0. The lowest BCUT2D eigenvalue weighted by Crippen LogP contribution is -1.95. The Labute approximate surface area is 67.1 Å². The molecule has 0 aliphatic carbocycles. The molecule has 0 heterocycles. The molecule has 0 aliphatic heterocycles. The molecule has 1 aromatic carbocycles. The molecule has 1 atom stereocenters. The summed E-state index contributed by atoms with van der Waals surface area (Å²) in [6, 6.07) is 4.22. The number of alkyl halides is 1. The molecular formula is C8H4F3N. The van der Waals surface area contributed by atoms with Crippen molar-refractivity contribution in [3.63, 3.8) is 0 Å². The van der Waals surface area contributed by atoms with Gasteiger partial charge in [0.25, 0.3) is 0 Å². The van der Waals surface area contributed by atoms with Crippen LogP contribution in [0.1, 0.15) is 11.7 Å². The smallest absolute Gasteiger partial charge is 0.214 e. The van der Waals surface area contributed by atoms with E-state index in [1.807, 2.05) is 0 Å². The molecular weight excluding hydrogens is 167 g/mol. The van der Waals surface area contributed by atoms with Crippen LogP contribution >= 0.6 is 0 Å². The summed E-state index contributed by atoms with van der Waals surface area (Å²) in [5.41, 5.74) is -0.558. The van der Waals surface area contributed by atoms with Crippen LogP contribution in [0, 0.1) is 23.0 Å². The van der Waals surface area contributed by atoms with E-state index in [4.69, 9.17) is 5.26 Å². The van der Waals surface area contributed by atoms with Crippen molar-refractivity contribution in [3.8, 4) is 6.07 Å². The maximum atomic E-state index is 12.7. The number of rotatable bonds is 1. The van der Waals surface area contributed by atoms with Gasteiger partial charge in [-0.15, -0.1) is 0 Å². The molecule has 0 aliphatic rings. The van der Waals surface area contributed by atoms with Gasteiger partial charge < -0.3 is 0 Å². The Bertz CT molecular complexity index is 330. The Morgan fingerprint density at radius 2 is 2.00 bits per heavy atom. The zero-order valence-electron chi connectivity index (χ0n) is 5.89. The molecule has 0 spiro atoms. The third-order valence-electron chi connectivity index (χ3n) is 1.37. The van der Waals surface area contributed by atoms with Crippen LogP contribution < -0.4 is 0 Å². The highest BCUT2D eigenvalue weighted by Gasteiger charge is 2.15. The Morgan fingerprint density at radius 1 is 1.33 bits per heavy atom. The molecule has 12 heavy (non-hydrogen) atoms. The largest absolute Gasteiger partial charge is 0.226 e. The van der Waals surface area contributed by atoms with Crippen molar-refractivity contribution < 1.29 is 13.2 Å². The van der Waals surface area contributed by atoms with Gasteiger partial charge in [0, 0.05) is 5.56 Å². The maximum Gasteiger partial charge on any atom is 0.214 e. The number of hydrogen-bond acceptors (Lipinski definition) is 1. The van der Waals surface area contributed by atoms with Crippen molar-refractivity contribution in [1.29, 1.82) is 5.26 Å². The van der Waals surface area contributed by atoms with Gasteiger partial charge in [0.1, 0.15) is 6.07 Å². The van der Waals surface area contributed by atoms with E-state index in [2.05, 4.69) is 0 Å². The minimum Gasteiger partial charge on any atom is -0.226 e. The molecule has 0 saturated heterocycles. The van der Waals surface area contributed by atoms with Crippen molar-refractivity contribution in [2.75, 3.05) is 0 Å². The summed E-state index contributed by atoms with van der Waals surface area (Å²) in [5.74, 6) is -2.45. The Morgan fingerprint density at radius 3 is 2.58 bits per heavy atom. The van der Waals surface area contributed by atoms with Gasteiger partial charge in [-0.3, -0.25) is 0 Å². The third kappa shape index (κ3) is 1.40. The molecule has 4 heteroatoms. The van der Waals surface area contributed by atoms with Crippen molar-refractivity contribution in [2.24, 2.45) is 0 Å². The predicted molar refractivity (Wildman–Crippen MR) is 35.8 cm³/mol. The van der Waals surface area contributed by atoms with Crippen molar-refractivity contribution in [3.05, 3.63) is 35.4 Å². The van der Waals surface area contributed by atoms with E-state index in [9.17, 15) is 13.2 Å². The molecule has 62 valence electrons. The number of nitrogens with zero attached hydrogens (tertiary/aromatic N) is 1. The minimum atomic E-state index is -2.11. The molecule has 0 bridgehead atoms. The van der Waals surface area contributed by atoms with Gasteiger partial charge in [0.15, 0.2) is 11.6 Å². The van der Waals surface area contributed by atoms with Crippen LogP contribution in [0.5, 0.6) is 0 Å². The van der Waals surface area contributed by atoms with Crippen molar-refractivity contribution in [1.82, 2.24) is 0 Å². The zero-order chi connectivity index (χ0) is 9.14. The second-order valence-electron chi connectivity index (χ2n) is 2.13. The molecule has 1 nitrogen and oxygen atoms in total. The zero-order valence-corrected chi connectivity index (χ0v) is 5.89. The van der Waals surface area contributed by atoms with E-state index in [1.54, 1.807) is 0 Å². The van der Waals surface area contributed by atoms with Gasteiger partial charge >= 0.3 is 0 Å². The van der Waals surface area contributed by atoms with E-state index in [0.29, 0.717) is 0 Å². The quantitative estimate of drug-likeness (QED) is 0.636. The highest BCUT2D eigenvalue weighted by molar-refractivity contribution is 5.24. The molecule has 1 rings (SSSR count). The lowest BCUT2D eigenvalue weighted by molar-refractivity contribution is 0.396. The summed E-state index contributed by atoms with van der Waals surface area (Å²) in [6.07, 6.45) is -2.11. The van der Waals surface area contributed by atoms with Gasteiger partial charge in [0.2, 0.25) is 6.17 Å². The topological polar surface area (TPSA) is 23.8 Å². The summed E-state index contributed by atoms with van der Waals surface area (Å²) in [5, 5.41) is 8.09. The highest BCUT2D eigenvalue weighted by Crippen LogP contribution is 2.21. The van der Waals surface area contributed by atoms with Crippen molar-refractivity contribution >= 4 is 0 Å². The molecule has 0 N–H and O–H groups in total. The van der Waals surface area contributed by atoms with E-state index in [-0.39, 0.29) is 0 Å². The summed E-state index contributed by atoms with van der Waals surface area (Å²) in [7, 11) is 0. The van der Waals surface area contributed by atoms with Crippen LogP contribution in [0.2, 0.25) is 0 Å². The van der Waals surface area contributed by atoms with Crippen LogP contribution in [0.15, 0.2) is 18.2 Å². The third-order valence-corrected chi connectivity index (χ3v) is 1.37. The van der Waals surface area contributed by atoms with Crippen LogP contribution in [0.25, 0.3) is 0 Å². The van der Waals surface area contributed by atoms with Gasteiger partial charge in [-0.05, 0) is 6.07 Å². The highest BCUT2D eigenvalue weighted by atomic mass is 19.2. The first kappa shape index (κ1) is 8.60.